The lowest BCUT2D eigenvalue weighted by atomic mass is 10.3. The van der Waals surface area contributed by atoms with E-state index in [1.165, 1.54) is 0 Å². The SMILES string of the molecule is COCCS(=O)CCCCN. The summed E-state index contributed by atoms with van der Waals surface area (Å²) in [6.45, 7) is 1.29. The van der Waals surface area contributed by atoms with Gasteiger partial charge in [-0.3, -0.25) is 4.21 Å². The average molecular weight is 179 g/mol. The van der Waals surface area contributed by atoms with Crippen molar-refractivity contribution in [1.82, 2.24) is 0 Å². The van der Waals surface area contributed by atoms with Gasteiger partial charge in [0, 0.05) is 29.4 Å². The monoisotopic (exact) mass is 179 g/mol. The van der Waals surface area contributed by atoms with Crippen LogP contribution in [-0.2, 0) is 15.5 Å². The Morgan fingerprint density at radius 3 is 2.64 bits per heavy atom. The highest BCUT2D eigenvalue weighted by Gasteiger charge is 1.97. The number of hydrogen-bond donors (Lipinski definition) is 1. The second-order valence-corrected chi connectivity index (χ2v) is 4.03. The van der Waals surface area contributed by atoms with Gasteiger partial charge in [0.15, 0.2) is 0 Å². The molecule has 2 N–H and O–H groups in total. The van der Waals surface area contributed by atoms with Gasteiger partial charge in [-0.25, -0.2) is 0 Å². The Hall–Kier alpha value is 0.0700. The summed E-state index contributed by atoms with van der Waals surface area (Å²) in [7, 11) is 0.920. The van der Waals surface area contributed by atoms with Crippen molar-refractivity contribution in [2.24, 2.45) is 5.73 Å². The number of hydrogen-bond acceptors (Lipinski definition) is 3. The number of methoxy groups -OCH3 is 1. The Labute approximate surface area is 70.8 Å². The van der Waals surface area contributed by atoms with Gasteiger partial charge in [-0.05, 0) is 19.4 Å². The van der Waals surface area contributed by atoms with Gasteiger partial charge in [0.05, 0.1) is 6.61 Å². The van der Waals surface area contributed by atoms with Crippen molar-refractivity contribution in [3.05, 3.63) is 0 Å². The molecule has 0 spiro atoms. The lowest BCUT2D eigenvalue weighted by Crippen LogP contribution is -2.09. The van der Waals surface area contributed by atoms with Crippen LogP contribution >= 0.6 is 0 Å². The lowest BCUT2D eigenvalue weighted by Gasteiger charge is -1.99. The highest BCUT2D eigenvalue weighted by atomic mass is 32.2. The molecule has 1 unspecified atom stereocenters. The van der Waals surface area contributed by atoms with E-state index in [2.05, 4.69) is 0 Å². The van der Waals surface area contributed by atoms with Crippen LogP contribution in [0.15, 0.2) is 0 Å². The first kappa shape index (κ1) is 11.1. The minimum absolute atomic E-state index is 0.592. The van der Waals surface area contributed by atoms with Crippen molar-refractivity contribution >= 4 is 10.8 Å². The quantitative estimate of drug-likeness (QED) is 0.565. The zero-order valence-electron chi connectivity index (χ0n) is 7.04. The van der Waals surface area contributed by atoms with E-state index in [-0.39, 0.29) is 0 Å². The summed E-state index contributed by atoms with van der Waals surface area (Å²) in [6, 6.07) is 0. The fourth-order valence-electron chi connectivity index (χ4n) is 0.686. The number of ether oxygens (including phenoxy) is 1. The Kier molecular flexibility index (Phi) is 8.22. The molecular weight excluding hydrogens is 162 g/mol. The average Bonchev–Trinajstić information content (AvgIpc) is 2.01. The number of unbranched alkanes of at least 4 members (excludes halogenated alkanes) is 1. The second-order valence-electron chi connectivity index (χ2n) is 2.34. The summed E-state index contributed by atoms with van der Waals surface area (Å²) >= 11 is 0. The molecule has 0 fully saturated rings. The predicted octanol–water partition coefficient (Wildman–Crippen LogP) is 0.120. The molecule has 0 rings (SSSR count). The lowest BCUT2D eigenvalue weighted by molar-refractivity contribution is 0.218. The first-order valence-electron chi connectivity index (χ1n) is 3.85. The van der Waals surface area contributed by atoms with E-state index in [9.17, 15) is 4.21 Å². The fraction of sp³-hybridized carbons (Fsp3) is 1.00. The molecule has 0 aliphatic rings. The van der Waals surface area contributed by atoms with Crippen LogP contribution in [0.25, 0.3) is 0 Å². The van der Waals surface area contributed by atoms with Crippen LogP contribution < -0.4 is 5.73 Å². The molecule has 0 radical (unpaired) electrons. The Morgan fingerprint density at radius 1 is 1.36 bits per heavy atom. The molecule has 1 atom stereocenters. The smallest absolute Gasteiger partial charge is 0.0577 e. The maximum atomic E-state index is 11.1. The molecule has 68 valence electrons. The van der Waals surface area contributed by atoms with Crippen LogP contribution in [0.2, 0.25) is 0 Å². The first-order chi connectivity index (χ1) is 5.31. The molecule has 4 heteroatoms. The van der Waals surface area contributed by atoms with Crippen LogP contribution in [-0.4, -0.2) is 36.0 Å². The zero-order valence-corrected chi connectivity index (χ0v) is 7.86. The zero-order chi connectivity index (χ0) is 8.53. The minimum Gasteiger partial charge on any atom is -0.384 e. The van der Waals surface area contributed by atoms with E-state index >= 15 is 0 Å². The molecule has 0 aromatic carbocycles. The largest absolute Gasteiger partial charge is 0.384 e. The van der Waals surface area contributed by atoms with Gasteiger partial charge in [-0.2, -0.15) is 0 Å². The number of nitrogens with two attached hydrogens (primary N) is 1. The molecule has 0 heterocycles. The molecule has 0 aliphatic carbocycles. The van der Waals surface area contributed by atoms with Gasteiger partial charge in [-0.1, -0.05) is 0 Å². The van der Waals surface area contributed by atoms with E-state index in [1.807, 2.05) is 0 Å². The molecule has 0 bridgehead atoms. The highest BCUT2D eigenvalue weighted by Crippen LogP contribution is 1.91. The fourth-order valence-corrected chi connectivity index (χ4v) is 1.77. The topological polar surface area (TPSA) is 52.3 Å². The molecule has 0 aromatic heterocycles. The van der Waals surface area contributed by atoms with Crippen LogP contribution in [0.3, 0.4) is 0 Å². The van der Waals surface area contributed by atoms with Crippen molar-refractivity contribution in [1.29, 1.82) is 0 Å². The first-order valence-corrected chi connectivity index (χ1v) is 5.34. The second kappa shape index (κ2) is 8.17. The van der Waals surface area contributed by atoms with E-state index in [4.69, 9.17) is 10.5 Å². The Morgan fingerprint density at radius 2 is 2.09 bits per heavy atom. The Bertz CT molecular complexity index is 109. The van der Waals surface area contributed by atoms with E-state index in [0.717, 1.165) is 18.6 Å². The molecule has 0 saturated heterocycles. The molecule has 11 heavy (non-hydrogen) atoms. The van der Waals surface area contributed by atoms with Gasteiger partial charge in [0.1, 0.15) is 0 Å². The summed E-state index contributed by atoms with van der Waals surface area (Å²) in [6.07, 6.45) is 1.94. The molecule has 3 nitrogen and oxygen atoms in total. The van der Waals surface area contributed by atoms with Gasteiger partial charge in [0.2, 0.25) is 0 Å². The van der Waals surface area contributed by atoms with Crippen LogP contribution in [0.4, 0.5) is 0 Å². The highest BCUT2D eigenvalue weighted by molar-refractivity contribution is 7.84. The molecular formula is C7H17NO2S. The molecule has 0 saturated carbocycles. The van der Waals surface area contributed by atoms with Gasteiger partial charge < -0.3 is 10.5 Å². The van der Waals surface area contributed by atoms with Crippen molar-refractivity contribution in [2.75, 3.05) is 31.8 Å². The van der Waals surface area contributed by atoms with E-state index in [0.29, 0.717) is 18.9 Å². The predicted molar refractivity (Wildman–Crippen MR) is 48.0 cm³/mol. The third-order valence-electron chi connectivity index (χ3n) is 1.34. The maximum absolute atomic E-state index is 11.1. The third kappa shape index (κ3) is 7.97. The van der Waals surface area contributed by atoms with Crippen molar-refractivity contribution in [2.45, 2.75) is 12.8 Å². The standard InChI is InChI=1S/C7H17NO2S/c1-10-5-7-11(9)6-3-2-4-8/h2-8H2,1H3. The van der Waals surface area contributed by atoms with Gasteiger partial charge in [0.25, 0.3) is 0 Å². The molecule has 0 aliphatic heterocycles. The molecule has 0 aromatic rings. The molecule has 0 amide bonds. The van der Waals surface area contributed by atoms with E-state index in [1.54, 1.807) is 7.11 Å². The summed E-state index contributed by atoms with van der Waals surface area (Å²) in [5.41, 5.74) is 5.29. The summed E-state index contributed by atoms with van der Waals surface area (Å²) in [4.78, 5) is 0. The summed E-state index contributed by atoms with van der Waals surface area (Å²) in [5.74, 6) is 1.42. The Balaban J connectivity index is 3.09. The minimum atomic E-state index is -0.702. The normalized spacial score (nSPS) is 13.3. The van der Waals surface area contributed by atoms with Crippen molar-refractivity contribution in [3.8, 4) is 0 Å². The summed E-state index contributed by atoms with van der Waals surface area (Å²) < 4.78 is 15.9. The van der Waals surface area contributed by atoms with Crippen LogP contribution in [0.1, 0.15) is 12.8 Å². The summed E-state index contributed by atoms with van der Waals surface area (Å²) in [5, 5.41) is 0. The van der Waals surface area contributed by atoms with Gasteiger partial charge in [-0.15, -0.1) is 0 Å². The van der Waals surface area contributed by atoms with E-state index < -0.39 is 10.8 Å². The van der Waals surface area contributed by atoms with Gasteiger partial charge >= 0.3 is 0 Å². The van der Waals surface area contributed by atoms with Crippen molar-refractivity contribution < 1.29 is 8.95 Å². The maximum Gasteiger partial charge on any atom is 0.0577 e. The number of rotatable bonds is 7. The van der Waals surface area contributed by atoms with Crippen LogP contribution in [0.5, 0.6) is 0 Å². The van der Waals surface area contributed by atoms with Crippen LogP contribution in [0, 0.1) is 0 Å². The van der Waals surface area contributed by atoms with Crippen molar-refractivity contribution in [3.63, 3.8) is 0 Å². The third-order valence-corrected chi connectivity index (χ3v) is 2.71.